The Morgan fingerprint density at radius 2 is 1.71 bits per heavy atom. The van der Waals surface area contributed by atoms with Gasteiger partial charge >= 0.3 is 5.69 Å². The molecule has 0 bridgehead atoms. The second kappa shape index (κ2) is 8.02. The van der Waals surface area contributed by atoms with E-state index in [2.05, 4.69) is 16.8 Å². The summed E-state index contributed by atoms with van der Waals surface area (Å²) in [6.45, 7) is 3.27. The van der Waals surface area contributed by atoms with Crippen molar-refractivity contribution in [2.75, 3.05) is 38.1 Å². The number of anilines is 1. The third-order valence-corrected chi connectivity index (χ3v) is 6.80. The lowest BCUT2D eigenvalue weighted by Crippen LogP contribution is -2.44. The topological polar surface area (TPSA) is 64.1 Å². The number of imidazole rings is 1. The molecule has 0 radical (unpaired) electrons. The maximum Gasteiger partial charge on any atom is 0.370 e. The summed E-state index contributed by atoms with van der Waals surface area (Å²) >= 11 is 0. The Morgan fingerprint density at radius 3 is 2.41 bits per heavy atom. The molecule has 2 aromatic heterocycles. The van der Waals surface area contributed by atoms with Gasteiger partial charge in [0.15, 0.2) is 0 Å². The normalized spacial score (nSPS) is 17.1. The van der Waals surface area contributed by atoms with Crippen molar-refractivity contribution >= 4 is 22.4 Å². The molecule has 2 aromatic carbocycles. The Hall–Kier alpha value is -3.59. The maximum absolute atomic E-state index is 15.4. The van der Waals surface area contributed by atoms with Crippen molar-refractivity contribution in [3.8, 4) is 0 Å². The number of nitrogens with zero attached hydrogens (tertiary/aromatic N) is 5. The summed E-state index contributed by atoms with van der Waals surface area (Å²) in [5.74, 6) is -0.373. The zero-order chi connectivity index (χ0) is 23.4. The van der Waals surface area contributed by atoms with Crippen molar-refractivity contribution < 1.29 is 9.23 Å². The molecule has 0 spiro atoms. The van der Waals surface area contributed by atoms with Crippen LogP contribution in [0.4, 0.5) is 10.1 Å². The second-order valence-electron chi connectivity index (χ2n) is 9.20. The highest BCUT2D eigenvalue weighted by Crippen LogP contribution is 2.40. The molecule has 6 rings (SSSR count). The van der Waals surface area contributed by atoms with Crippen molar-refractivity contribution in [1.29, 1.82) is 0 Å². The fraction of sp³-hybridized carbons (Fsp3) is 0.360. The average molecular weight is 464 g/mol. The molecule has 0 N–H and O–H groups in total. The van der Waals surface area contributed by atoms with Crippen LogP contribution in [0.1, 0.15) is 24.4 Å². The minimum atomic E-state index is -0.630. The molecule has 1 saturated heterocycles. The van der Waals surface area contributed by atoms with Gasteiger partial charge in [0, 0.05) is 44.4 Å². The van der Waals surface area contributed by atoms with Crippen LogP contribution in [-0.2, 0) is 6.61 Å². The first kappa shape index (κ1) is 21.0. The van der Waals surface area contributed by atoms with E-state index in [4.69, 9.17) is 4.84 Å². The summed E-state index contributed by atoms with van der Waals surface area (Å²) in [6, 6.07) is 14.2. The number of hydrogen-bond acceptors (Lipinski definition) is 5. The highest BCUT2D eigenvalue weighted by molar-refractivity contribution is 5.85. The van der Waals surface area contributed by atoms with E-state index in [1.54, 1.807) is 0 Å². The van der Waals surface area contributed by atoms with Gasteiger partial charge in [0.2, 0.25) is 0 Å². The van der Waals surface area contributed by atoms with Crippen LogP contribution in [0.3, 0.4) is 0 Å². The van der Waals surface area contributed by atoms with Crippen molar-refractivity contribution in [3.05, 3.63) is 80.7 Å². The maximum atomic E-state index is 15.4. The molecule has 1 aliphatic heterocycles. The Bertz CT molecular complexity index is 1490. The standard InChI is InChI=1S/C25H26FN5O3/c1-27-9-11-28(12-10-27)20-14-22-21(13-19(20)26)30-23(29(22)18-7-8-18)15-24(32)31(25(30)33)34-16-17-5-3-2-4-6-17/h2-6,13-15,18H,7-12,16H2,1H3. The number of hydrogen-bond donors (Lipinski definition) is 0. The van der Waals surface area contributed by atoms with Crippen molar-refractivity contribution in [1.82, 2.24) is 18.6 Å². The van der Waals surface area contributed by atoms with Gasteiger partial charge < -0.3 is 19.2 Å². The molecule has 9 heteroatoms. The van der Waals surface area contributed by atoms with E-state index in [0.717, 1.165) is 54.8 Å². The van der Waals surface area contributed by atoms with Crippen LogP contribution < -0.4 is 21.0 Å². The van der Waals surface area contributed by atoms with Gasteiger partial charge in [0.1, 0.15) is 18.1 Å². The van der Waals surface area contributed by atoms with Crippen molar-refractivity contribution in [2.45, 2.75) is 25.5 Å². The van der Waals surface area contributed by atoms with Crippen LogP contribution in [0, 0.1) is 5.82 Å². The van der Waals surface area contributed by atoms with Crippen LogP contribution in [0.5, 0.6) is 0 Å². The molecule has 2 aliphatic rings. The van der Waals surface area contributed by atoms with Gasteiger partial charge in [0.05, 0.1) is 16.7 Å². The Morgan fingerprint density at radius 1 is 0.971 bits per heavy atom. The second-order valence-corrected chi connectivity index (χ2v) is 9.20. The van der Waals surface area contributed by atoms with Gasteiger partial charge in [0.25, 0.3) is 5.56 Å². The molecule has 34 heavy (non-hydrogen) atoms. The van der Waals surface area contributed by atoms with E-state index in [1.165, 1.54) is 16.5 Å². The lowest BCUT2D eigenvalue weighted by molar-refractivity contribution is 0.0785. The predicted molar refractivity (Wildman–Crippen MR) is 128 cm³/mol. The zero-order valence-electron chi connectivity index (χ0n) is 19.0. The fourth-order valence-electron chi connectivity index (χ4n) is 4.79. The highest BCUT2D eigenvalue weighted by atomic mass is 19.1. The van der Waals surface area contributed by atoms with Gasteiger partial charge in [-0.15, -0.1) is 0 Å². The average Bonchev–Trinajstić information content (AvgIpc) is 3.62. The SMILES string of the molecule is CN1CCN(c2cc3c(cc2F)n2c(=O)n(OCc4ccccc4)c(=O)cc2n3C2CC2)CC1. The Kier molecular flexibility index (Phi) is 4.95. The monoisotopic (exact) mass is 463 g/mol. The van der Waals surface area contributed by atoms with Crippen LogP contribution in [0.25, 0.3) is 16.7 Å². The minimum Gasteiger partial charge on any atom is -0.401 e. The highest BCUT2D eigenvalue weighted by Gasteiger charge is 2.30. The number of halogens is 1. The third-order valence-electron chi connectivity index (χ3n) is 6.80. The van der Waals surface area contributed by atoms with Crippen LogP contribution in [0.15, 0.2) is 58.1 Å². The van der Waals surface area contributed by atoms with E-state index in [0.29, 0.717) is 16.9 Å². The van der Waals surface area contributed by atoms with E-state index in [1.807, 2.05) is 41.0 Å². The largest absolute Gasteiger partial charge is 0.401 e. The van der Waals surface area contributed by atoms with Crippen LogP contribution in [0.2, 0.25) is 0 Å². The number of benzene rings is 2. The summed E-state index contributed by atoms with van der Waals surface area (Å²) in [7, 11) is 2.06. The Balaban J connectivity index is 1.50. The first-order chi connectivity index (χ1) is 16.5. The number of fused-ring (bicyclic) bond motifs is 3. The smallest absolute Gasteiger partial charge is 0.370 e. The van der Waals surface area contributed by atoms with E-state index >= 15 is 4.39 Å². The van der Waals surface area contributed by atoms with Gasteiger partial charge in [-0.2, -0.15) is 0 Å². The number of piperazine rings is 1. The first-order valence-corrected chi connectivity index (χ1v) is 11.6. The molecule has 176 valence electrons. The number of aromatic nitrogens is 3. The van der Waals surface area contributed by atoms with E-state index in [-0.39, 0.29) is 18.5 Å². The fourth-order valence-corrected chi connectivity index (χ4v) is 4.79. The summed E-state index contributed by atoms with van der Waals surface area (Å²) in [6.07, 6.45) is 1.92. The predicted octanol–water partition coefficient (Wildman–Crippen LogP) is 2.27. The summed E-state index contributed by atoms with van der Waals surface area (Å²) in [4.78, 5) is 36.2. The molecule has 0 atom stereocenters. The molecule has 1 aliphatic carbocycles. The molecule has 0 amide bonds. The Labute approximate surface area is 194 Å². The molecule has 0 unspecified atom stereocenters. The molecule has 1 saturated carbocycles. The van der Waals surface area contributed by atoms with E-state index in [9.17, 15) is 9.59 Å². The van der Waals surface area contributed by atoms with Crippen molar-refractivity contribution in [2.24, 2.45) is 0 Å². The number of likely N-dealkylation sites (N-methyl/N-ethyl adjacent to an activating group) is 1. The quantitative estimate of drug-likeness (QED) is 0.455. The molecule has 3 heterocycles. The van der Waals surface area contributed by atoms with Crippen LogP contribution in [-0.4, -0.2) is 51.8 Å². The van der Waals surface area contributed by atoms with Crippen LogP contribution >= 0.6 is 0 Å². The van der Waals surface area contributed by atoms with Crippen molar-refractivity contribution in [3.63, 3.8) is 0 Å². The van der Waals surface area contributed by atoms with Gasteiger partial charge in [-0.1, -0.05) is 35.1 Å². The number of rotatable bonds is 5. The molecule has 2 fully saturated rings. The molecule has 4 aromatic rings. The summed E-state index contributed by atoms with van der Waals surface area (Å²) < 4.78 is 19.5. The van der Waals surface area contributed by atoms with E-state index < -0.39 is 11.2 Å². The lowest BCUT2D eigenvalue weighted by atomic mass is 10.2. The molecular formula is C25H26FN5O3. The van der Waals surface area contributed by atoms with Gasteiger partial charge in [-0.3, -0.25) is 4.79 Å². The lowest BCUT2D eigenvalue weighted by Gasteiger charge is -2.34. The molecule has 8 nitrogen and oxygen atoms in total. The van der Waals surface area contributed by atoms with Gasteiger partial charge in [-0.05, 0) is 31.5 Å². The minimum absolute atomic E-state index is 0.0746. The zero-order valence-corrected chi connectivity index (χ0v) is 19.0. The first-order valence-electron chi connectivity index (χ1n) is 11.6. The molecular weight excluding hydrogens is 437 g/mol. The summed E-state index contributed by atoms with van der Waals surface area (Å²) in [5, 5.41) is 0. The third kappa shape index (κ3) is 3.47. The summed E-state index contributed by atoms with van der Waals surface area (Å²) in [5.41, 5.74) is 1.88. The van der Waals surface area contributed by atoms with Gasteiger partial charge in [-0.25, -0.2) is 13.6 Å².